The summed E-state index contributed by atoms with van der Waals surface area (Å²) in [7, 11) is 0. The van der Waals surface area contributed by atoms with Gasteiger partial charge in [-0.05, 0) is 77.0 Å². The van der Waals surface area contributed by atoms with E-state index in [9.17, 15) is 14.4 Å². The van der Waals surface area contributed by atoms with Crippen molar-refractivity contribution in [3.63, 3.8) is 0 Å². The Morgan fingerprint density at radius 2 is 0.537 bits per heavy atom. The zero-order chi connectivity index (χ0) is 48.6. The van der Waals surface area contributed by atoms with Crippen LogP contribution in [0, 0.1) is 0 Å². The van der Waals surface area contributed by atoms with Gasteiger partial charge in [0.15, 0.2) is 6.10 Å². The van der Waals surface area contributed by atoms with Crippen LogP contribution in [0.3, 0.4) is 0 Å². The quantitative estimate of drug-likeness (QED) is 0.0262. The number of rotatable bonds is 54. The van der Waals surface area contributed by atoms with Crippen molar-refractivity contribution in [3.05, 3.63) is 36.5 Å². The van der Waals surface area contributed by atoms with Gasteiger partial charge in [0.25, 0.3) is 0 Å². The molecular formula is C61H112O6. The molecule has 0 bridgehead atoms. The summed E-state index contributed by atoms with van der Waals surface area (Å²) < 4.78 is 16.9. The fourth-order valence-corrected chi connectivity index (χ4v) is 8.65. The summed E-state index contributed by atoms with van der Waals surface area (Å²) in [5, 5.41) is 0. The first-order valence-corrected chi connectivity index (χ1v) is 29.5. The molecule has 0 amide bonds. The smallest absolute Gasteiger partial charge is 0.306 e. The molecule has 0 aliphatic carbocycles. The van der Waals surface area contributed by atoms with Crippen molar-refractivity contribution in [1.82, 2.24) is 0 Å². The lowest BCUT2D eigenvalue weighted by Crippen LogP contribution is -2.30. The summed E-state index contributed by atoms with van der Waals surface area (Å²) in [6, 6.07) is 0. The molecule has 0 fully saturated rings. The Morgan fingerprint density at radius 3 is 0.866 bits per heavy atom. The van der Waals surface area contributed by atoms with Crippen molar-refractivity contribution < 1.29 is 28.6 Å². The van der Waals surface area contributed by atoms with Crippen LogP contribution in [-0.4, -0.2) is 37.2 Å². The van der Waals surface area contributed by atoms with Crippen molar-refractivity contribution in [2.45, 2.75) is 322 Å². The average Bonchev–Trinajstić information content (AvgIpc) is 3.33. The number of allylic oxidation sites excluding steroid dienone is 6. The third-order valence-electron chi connectivity index (χ3n) is 13.1. The molecule has 0 aromatic carbocycles. The fraction of sp³-hybridized carbons (Fsp3) is 0.852. The number of unbranched alkanes of at least 4 members (excludes halogenated alkanes) is 37. The van der Waals surface area contributed by atoms with Crippen LogP contribution in [0.25, 0.3) is 0 Å². The van der Waals surface area contributed by atoms with Gasteiger partial charge in [-0.2, -0.15) is 0 Å². The second-order valence-corrected chi connectivity index (χ2v) is 19.9. The monoisotopic (exact) mass is 941 g/mol. The molecule has 0 aliphatic heterocycles. The number of ether oxygens (including phenoxy) is 3. The average molecular weight is 942 g/mol. The van der Waals surface area contributed by atoms with Gasteiger partial charge in [-0.3, -0.25) is 14.4 Å². The van der Waals surface area contributed by atoms with E-state index in [0.29, 0.717) is 19.3 Å². The molecule has 0 saturated heterocycles. The van der Waals surface area contributed by atoms with Gasteiger partial charge in [0, 0.05) is 19.3 Å². The molecule has 0 radical (unpaired) electrons. The van der Waals surface area contributed by atoms with Gasteiger partial charge in [-0.15, -0.1) is 0 Å². The second kappa shape index (κ2) is 56.2. The maximum atomic E-state index is 12.9. The Morgan fingerprint density at radius 1 is 0.299 bits per heavy atom. The standard InChI is InChI=1S/C61H112O6/c1-4-7-10-13-16-19-22-25-28-30-32-33-36-39-42-45-48-51-54-60(63)66-57-58(56-65-59(62)53-50-47-44-41-38-35-27-24-21-18-15-12-9-6-3)67-61(64)55-52-49-46-43-40-37-34-31-29-26-23-20-17-14-11-8-5-2/h17,20,24,26-27,29,58H,4-16,18-19,21-23,25,28,30-57H2,1-3H3/b20-17+,27-24+,29-26+/t58-/m1/s1. The SMILES string of the molecule is CCCCC/C=C/C/C=C/CCCCCCCCCC(=O)O[C@H](COC(=O)CCCCCCC/C=C/CCCCCCC)COC(=O)CCCCCCCCCCCCCCCCCCCC. The topological polar surface area (TPSA) is 78.9 Å². The zero-order valence-corrected chi connectivity index (χ0v) is 44.9. The maximum Gasteiger partial charge on any atom is 0.306 e. The first-order valence-electron chi connectivity index (χ1n) is 29.5. The van der Waals surface area contributed by atoms with Crippen molar-refractivity contribution in [2.24, 2.45) is 0 Å². The lowest BCUT2D eigenvalue weighted by molar-refractivity contribution is -0.167. The van der Waals surface area contributed by atoms with Crippen molar-refractivity contribution >= 4 is 17.9 Å². The second-order valence-electron chi connectivity index (χ2n) is 19.9. The Bertz CT molecular complexity index is 1130. The first-order chi connectivity index (χ1) is 33.0. The summed E-state index contributed by atoms with van der Waals surface area (Å²) in [5.41, 5.74) is 0. The van der Waals surface area contributed by atoms with Crippen LogP contribution in [0.15, 0.2) is 36.5 Å². The molecule has 0 aromatic heterocycles. The van der Waals surface area contributed by atoms with E-state index in [4.69, 9.17) is 14.2 Å². The van der Waals surface area contributed by atoms with Crippen molar-refractivity contribution in [3.8, 4) is 0 Å². The Balaban J connectivity index is 4.35. The number of carbonyl (C=O) groups is 3. The zero-order valence-electron chi connectivity index (χ0n) is 44.9. The largest absolute Gasteiger partial charge is 0.462 e. The highest BCUT2D eigenvalue weighted by atomic mass is 16.6. The van der Waals surface area contributed by atoms with Crippen molar-refractivity contribution in [2.75, 3.05) is 13.2 Å². The van der Waals surface area contributed by atoms with Gasteiger partial charge in [0.1, 0.15) is 13.2 Å². The normalized spacial score (nSPS) is 12.2. The molecule has 0 saturated carbocycles. The number of hydrogen-bond acceptors (Lipinski definition) is 6. The molecule has 0 rings (SSSR count). The lowest BCUT2D eigenvalue weighted by Gasteiger charge is -2.18. The van der Waals surface area contributed by atoms with E-state index in [1.807, 2.05) is 0 Å². The summed E-state index contributed by atoms with van der Waals surface area (Å²) in [6.45, 7) is 6.64. The molecule has 392 valence electrons. The van der Waals surface area contributed by atoms with E-state index in [-0.39, 0.29) is 31.1 Å². The van der Waals surface area contributed by atoms with E-state index >= 15 is 0 Å². The molecule has 0 aromatic rings. The molecule has 67 heavy (non-hydrogen) atoms. The summed E-state index contributed by atoms with van der Waals surface area (Å²) in [6.07, 6.45) is 67.0. The highest BCUT2D eigenvalue weighted by Crippen LogP contribution is 2.17. The van der Waals surface area contributed by atoms with E-state index in [0.717, 1.165) is 77.0 Å². The number of esters is 3. The molecule has 0 spiro atoms. The first kappa shape index (κ1) is 64.6. The third-order valence-corrected chi connectivity index (χ3v) is 13.1. The lowest BCUT2D eigenvalue weighted by atomic mass is 10.0. The summed E-state index contributed by atoms with van der Waals surface area (Å²) in [4.78, 5) is 38.2. The van der Waals surface area contributed by atoms with Gasteiger partial charge in [0.2, 0.25) is 0 Å². The Kier molecular flexibility index (Phi) is 54.2. The van der Waals surface area contributed by atoms with E-state index in [1.165, 1.54) is 199 Å². The van der Waals surface area contributed by atoms with Gasteiger partial charge >= 0.3 is 17.9 Å². The molecule has 0 N–H and O–H groups in total. The van der Waals surface area contributed by atoms with Crippen LogP contribution < -0.4 is 0 Å². The van der Waals surface area contributed by atoms with Crippen LogP contribution in [0.2, 0.25) is 0 Å². The molecule has 6 nitrogen and oxygen atoms in total. The van der Waals surface area contributed by atoms with Crippen LogP contribution in [0.1, 0.15) is 316 Å². The Hall–Kier alpha value is -2.37. The summed E-state index contributed by atoms with van der Waals surface area (Å²) in [5.74, 6) is -0.873. The molecule has 0 heterocycles. The molecule has 1 atom stereocenters. The van der Waals surface area contributed by atoms with Gasteiger partial charge in [0.05, 0.1) is 0 Å². The Labute approximate surface area is 416 Å². The third kappa shape index (κ3) is 54.4. The predicted octanol–water partition coefficient (Wildman–Crippen LogP) is 19.7. The van der Waals surface area contributed by atoms with Gasteiger partial charge < -0.3 is 14.2 Å². The highest BCUT2D eigenvalue weighted by molar-refractivity contribution is 5.71. The molecular weight excluding hydrogens is 829 g/mol. The van der Waals surface area contributed by atoms with E-state index < -0.39 is 6.10 Å². The van der Waals surface area contributed by atoms with E-state index in [1.54, 1.807) is 0 Å². The summed E-state index contributed by atoms with van der Waals surface area (Å²) >= 11 is 0. The molecule has 0 unspecified atom stereocenters. The minimum absolute atomic E-state index is 0.0743. The minimum Gasteiger partial charge on any atom is -0.462 e. The predicted molar refractivity (Wildman–Crippen MR) is 289 cm³/mol. The number of carbonyl (C=O) groups excluding carboxylic acids is 3. The molecule has 6 heteroatoms. The van der Waals surface area contributed by atoms with Crippen LogP contribution in [0.4, 0.5) is 0 Å². The fourth-order valence-electron chi connectivity index (χ4n) is 8.65. The van der Waals surface area contributed by atoms with Crippen LogP contribution >= 0.6 is 0 Å². The number of hydrogen-bond donors (Lipinski definition) is 0. The van der Waals surface area contributed by atoms with Crippen molar-refractivity contribution in [1.29, 1.82) is 0 Å². The van der Waals surface area contributed by atoms with Gasteiger partial charge in [-0.1, -0.05) is 256 Å². The highest BCUT2D eigenvalue weighted by Gasteiger charge is 2.19. The van der Waals surface area contributed by atoms with Crippen LogP contribution in [0.5, 0.6) is 0 Å². The molecule has 0 aliphatic rings. The van der Waals surface area contributed by atoms with Crippen LogP contribution in [-0.2, 0) is 28.6 Å². The maximum absolute atomic E-state index is 12.9. The minimum atomic E-state index is -0.777. The van der Waals surface area contributed by atoms with E-state index in [2.05, 4.69) is 57.2 Å². The van der Waals surface area contributed by atoms with Gasteiger partial charge in [-0.25, -0.2) is 0 Å².